The minimum atomic E-state index is -3.82. The van der Waals surface area contributed by atoms with Gasteiger partial charge in [0, 0.05) is 11.8 Å². The molecule has 18 heavy (non-hydrogen) atoms. The molecule has 0 aromatic heterocycles. The molecule has 0 fully saturated rings. The minimum absolute atomic E-state index is 0.381. The van der Waals surface area contributed by atoms with E-state index in [4.69, 9.17) is 9.84 Å². The van der Waals surface area contributed by atoms with Crippen LogP contribution < -0.4 is 4.74 Å². The van der Waals surface area contributed by atoms with Crippen LogP contribution in [0.4, 0.5) is 4.39 Å². The summed E-state index contributed by atoms with van der Waals surface area (Å²) in [6.45, 7) is 0. The quantitative estimate of drug-likeness (QED) is 0.824. The van der Waals surface area contributed by atoms with Crippen LogP contribution in [0.3, 0.4) is 0 Å². The first-order valence-electron chi connectivity index (χ1n) is 4.67. The van der Waals surface area contributed by atoms with E-state index < -0.39 is 38.2 Å². The number of aliphatic carboxylic acids is 1. The first-order chi connectivity index (χ1) is 8.18. The Labute approximate surface area is 103 Å². The number of methoxy groups -OCH3 is 1. The predicted octanol–water partition coefficient (Wildman–Crippen LogP) is 0.356. The highest BCUT2D eigenvalue weighted by Crippen LogP contribution is 2.33. The summed E-state index contributed by atoms with van der Waals surface area (Å²) in [6, 6.07) is 1.42. The maximum Gasteiger partial charge on any atom is 0.337 e. The number of carboxylic acids is 1. The number of benzene rings is 1. The van der Waals surface area contributed by atoms with Crippen LogP contribution in [-0.4, -0.2) is 38.0 Å². The largest absolute Gasteiger partial charge is 0.495 e. The van der Waals surface area contributed by atoms with E-state index in [9.17, 15) is 22.7 Å². The third-order valence-corrected chi connectivity index (χ3v) is 3.28. The molecule has 0 radical (unpaired) electrons. The second-order valence-corrected chi connectivity index (χ2v) is 5.52. The van der Waals surface area contributed by atoms with E-state index in [1.807, 2.05) is 0 Å². The van der Waals surface area contributed by atoms with Crippen LogP contribution in [0, 0.1) is 5.82 Å². The Kier molecular flexibility index (Phi) is 3.92. The first-order valence-corrected chi connectivity index (χ1v) is 6.56. The van der Waals surface area contributed by atoms with Crippen LogP contribution in [0.1, 0.15) is 11.7 Å². The van der Waals surface area contributed by atoms with Gasteiger partial charge in [-0.1, -0.05) is 0 Å². The summed E-state index contributed by atoms with van der Waals surface area (Å²) in [6.07, 6.45) is -1.25. The maximum absolute atomic E-state index is 13.3. The van der Waals surface area contributed by atoms with Gasteiger partial charge in [-0.25, -0.2) is 17.6 Å². The lowest BCUT2D eigenvalue weighted by molar-refractivity contribution is -0.147. The molecule has 0 aliphatic carbocycles. The maximum atomic E-state index is 13.3. The Morgan fingerprint density at radius 1 is 1.44 bits per heavy atom. The van der Waals surface area contributed by atoms with E-state index in [1.165, 1.54) is 0 Å². The molecule has 0 spiro atoms. The number of sulfone groups is 1. The van der Waals surface area contributed by atoms with E-state index in [0.717, 1.165) is 13.4 Å². The summed E-state index contributed by atoms with van der Waals surface area (Å²) < 4.78 is 40.9. The third kappa shape index (κ3) is 2.77. The molecule has 0 amide bonds. The Hall–Kier alpha value is -1.67. The van der Waals surface area contributed by atoms with Crippen molar-refractivity contribution in [2.75, 3.05) is 13.4 Å². The summed E-state index contributed by atoms with van der Waals surface area (Å²) in [5.41, 5.74) is -0.453. The zero-order valence-corrected chi connectivity index (χ0v) is 10.4. The van der Waals surface area contributed by atoms with Crippen molar-refractivity contribution in [2.45, 2.75) is 11.0 Å². The summed E-state index contributed by atoms with van der Waals surface area (Å²) in [5.74, 6) is -3.00. The van der Waals surface area contributed by atoms with E-state index in [1.54, 1.807) is 0 Å². The highest BCUT2D eigenvalue weighted by molar-refractivity contribution is 7.90. The standard InChI is InChI=1S/C10H11FO6S/c1-17-9-6(8(12)10(13)14)3-5(11)4-7(9)18(2,15)16/h3-4,8,12H,1-2H3,(H,13,14). The lowest BCUT2D eigenvalue weighted by atomic mass is 10.1. The molecule has 0 bridgehead atoms. The number of halogens is 1. The van der Waals surface area contributed by atoms with Gasteiger partial charge in [0.25, 0.3) is 0 Å². The highest BCUT2D eigenvalue weighted by Gasteiger charge is 2.27. The number of aliphatic hydroxyl groups is 1. The molecule has 1 aromatic carbocycles. The number of hydrogen-bond donors (Lipinski definition) is 2. The van der Waals surface area contributed by atoms with Gasteiger partial charge in [0.05, 0.1) is 7.11 Å². The zero-order chi connectivity index (χ0) is 14.1. The van der Waals surface area contributed by atoms with Gasteiger partial charge in [-0.2, -0.15) is 0 Å². The van der Waals surface area contributed by atoms with Crippen LogP contribution in [-0.2, 0) is 14.6 Å². The summed E-state index contributed by atoms with van der Waals surface area (Å²) in [5, 5.41) is 18.0. The molecule has 1 aromatic rings. The molecule has 100 valence electrons. The number of hydrogen-bond acceptors (Lipinski definition) is 5. The Bertz CT molecular complexity index is 580. The number of carbonyl (C=O) groups is 1. The van der Waals surface area contributed by atoms with Crippen molar-refractivity contribution < 1.29 is 32.6 Å². The summed E-state index contributed by atoms with van der Waals surface area (Å²) >= 11 is 0. The number of rotatable bonds is 4. The van der Waals surface area contributed by atoms with Crippen molar-refractivity contribution in [3.05, 3.63) is 23.5 Å². The minimum Gasteiger partial charge on any atom is -0.495 e. The van der Waals surface area contributed by atoms with Gasteiger partial charge in [0.1, 0.15) is 16.5 Å². The highest BCUT2D eigenvalue weighted by atomic mass is 32.2. The summed E-state index contributed by atoms with van der Waals surface area (Å²) in [4.78, 5) is 10.1. The average Bonchev–Trinajstić information content (AvgIpc) is 2.25. The van der Waals surface area contributed by atoms with Gasteiger partial charge in [0.2, 0.25) is 0 Å². The van der Waals surface area contributed by atoms with Crippen LogP contribution >= 0.6 is 0 Å². The molecule has 1 unspecified atom stereocenters. The van der Waals surface area contributed by atoms with Crippen LogP contribution in [0.25, 0.3) is 0 Å². The Morgan fingerprint density at radius 2 is 2.00 bits per heavy atom. The molecule has 0 saturated heterocycles. The number of aliphatic hydroxyl groups excluding tert-OH is 1. The van der Waals surface area contributed by atoms with Crippen molar-refractivity contribution >= 4 is 15.8 Å². The van der Waals surface area contributed by atoms with E-state index >= 15 is 0 Å². The van der Waals surface area contributed by atoms with Crippen molar-refractivity contribution in [1.29, 1.82) is 0 Å². The van der Waals surface area contributed by atoms with Gasteiger partial charge in [-0.3, -0.25) is 0 Å². The molecule has 0 aliphatic rings. The lowest BCUT2D eigenvalue weighted by Gasteiger charge is -2.14. The molecule has 8 heteroatoms. The molecule has 1 rings (SSSR count). The van der Waals surface area contributed by atoms with E-state index in [0.29, 0.717) is 12.1 Å². The van der Waals surface area contributed by atoms with Crippen molar-refractivity contribution in [3.63, 3.8) is 0 Å². The van der Waals surface area contributed by atoms with Crippen LogP contribution in [0.2, 0.25) is 0 Å². The van der Waals surface area contributed by atoms with Gasteiger partial charge >= 0.3 is 5.97 Å². The molecule has 0 heterocycles. The number of ether oxygens (including phenoxy) is 1. The molecule has 2 N–H and O–H groups in total. The Morgan fingerprint density at radius 3 is 2.39 bits per heavy atom. The topological polar surface area (TPSA) is 101 Å². The lowest BCUT2D eigenvalue weighted by Crippen LogP contribution is -2.14. The molecular formula is C10H11FO6S. The van der Waals surface area contributed by atoms with E-state index in [2.05, 4.69) is 0 Å². The monoisotopic (exact) mass is 278 g/mol. The first kappa shape index (κ1) is 14.4. The Balaban J connectivity index is 3.63. The average molecular weight is 278 g/mol. The molecule has 0 saturated carbocycles. The van der Waals surface area contributed by atoms with Gasteiger partial charge in [-0.05, 0) is 12.1 Å². The molecular weight excluding hydrogens is 267 g/mol. The second-order valence-electron chi connectivity index (χ2n) is 3.54. The van der Waals surface area contributed by atoms with Gasteiger partial charge in [0.15, 0.2) is 15.9 Å². The second kappa shape index (κ2) is 4.91. The van der Waals surface area contributed by atoms with Crippen molar-refractivity contribution in [2.24, 2.45) is 0 Å². The fourth-order valence-electron chi connectivity index (χ4n) is 1.42. The van der Waals surface area contributed by atoms with Gasteiger partial charge < -0.3 is 14.9 Å². The van der Waals surface area contributed by atoms with Crippen LogP contribution in [0.5, 0.6) is 5.75 Å². The molecule has 0 aliphatic heterocycles. The van der Waals surface area contributed by atoms with Gasteiger partial charge in [-0.15, -0.1) is 0 Å². The molecule has 1 atom stereocenters. The van der Waals surface area contributed by atoms with Crippen molar-refractivity contribution in [1.82, 2.24) is 0 Å². The third-order valence-electron chi connectivity index (χ3n) is 2.18. The smallest absolute Gasteiger partial charge is 0.337 e. The van der Waals surface area contributed by atoms with E-state index in [-0.39, 0.29) is 5.75 Å². The summed E-state index contributed by atoms with van der Waals surface area (Å²) in [7, 11) is -2.72. The molecule has 6 nitrogen and oxygen atoms in total. The normalized spacial score (nSPS) is 13.1. The van der Waals surface area contributed by atoms with Crippen molar-refractivity contribution in [3.8, 4) is 5.75 Å². The van der Waals surface area contributed by atoms with Crippen LogP contribution in [0.15, 0.2) is 17.0 Å². The fraction of sp³-hybridized carbons (Fsp3) is 0.300. The fourth-order valence-corrected chi connectivity index (χ4v) is 2.28. The predicted molar refractivity (Wildman–Crippen MR) is 58.7 cm³/mol. The SMILES string of the molecule is COc1c(C(O)C(=O)O)cc(F)cc1S(C)(=O)=O. The number of carboxylic acid groups (broad SMARTS) is 1. The zero-order valence-electron chi connectivity index (χ0n) is 9.55.